The first-order valence-electron chi connectivity index (χ1n) is 6.26. The highest BCUT2D eigenvalue weighted by molar-refractivity contribution is 7.98. The maximum absolute atomic E-state index is 12.7. The minimum absolute atomic E-state index is 0.0442. The first kappa shape index (κ1) is 19.4. The van der Waals surface area contributed by atoms with E-state index in [0.29, 0.717) is 10.6 Å². The highest BCUT2D eigenvalue weighted by Gasteiger charge is 2.28. The molecule has 3 nitrogen and oxygen atoms in total. The van der Waals surface area contributed by atoms with Gasteiger partial charge in [0.15, 0.2) is 0 Å². The Labute approximate surface area is 146 Å². The molecule has 1 unspecified atom stereocenters. The molecule has 0 fully saturated rings. The molecule has 1 aromatic carbocycles. The molecule has 0 aliphatic heterocycles. The molecule has 1 atom stereocenters. The van der Waals surface area contributed by atoms with E-state index in [4.69, 9.17) is 34.8 Å². The molecule has 0 aromatic heterocycles. The number of halogens is 3. The fourth-order valence-corrected chi connectivity index (χ4v) is 4.83. The monoisotopic (exact) mass is 389 g/mol. The summed E-state index contributed by atoms with van der Waals surface area (Å²) in [4.78, 5) is 0.0442. The van der Waals surface area contributed by atoms with E-state index in [0.717, 1.165) is 12.2 Å². The first-order chi connectivity index (χ1) is 9.75. The Hall–Kier alpha value is 0.350. The summed E-state index contributed by atoms with van der Waals surface area (Å²) in [6.07, 6.45) is 2.76. The SMILES string of the molecule is CSCCC(C)N(C)S(=O)(=O)c1cc(CCl)c(Cl)cc1Cl. The smallest absolute Gasteiger partial charge is 0.207 e. The molecule has 8 heteroatoms. The third kappa shape index (κ3) is 4.66. The summed E-state index contributed by atoms with van der Waals surface area (Å²) in [5.74, 6) is 1.02. The van der Waals surface area contributed by atoms with Gasteiger partial charge in [-0.05, 0) is 43.0 Å². The molecule has 0 N–H and O–H groups in total. The van der Waals surface area contributed by atoms with Crippen LogP contribution in [0.4, 0.5) is 0 Å². The van der Waals surface area contributed by atoms with Crippen molar-refractivity contribution in [1.29, 1.82) is 0 Å². The van der Waals surface area contributed by atoms with Gasteiger partial charge in [0, 0.05) is 24.0 Å². The van der Waals surface area contributed by atoms with Crippen LogP contribution in [0.15, 0.2) is 17.0 Å². The number of rotatable bonds is 7. The molecular weight excluding hydrogens is 373 g/mol. The number of alkyl halides is 1. The standard InChI is InChI=1S/C13H18Cl3NO2S2/c1-9(4-5-20-3)17(2)21(18,19)13-6-10(8-14)11(15)7-12(13)16/h6-7,9H,4-5,8H2,1-3H3. The molecular formula is C13H18Cl3NO2S2. The lowest BCUT2D eigenvalue weighted by atomic mass is 10.2. The number of thioether (sulfide) groups is 1. The zero-order valence-corrected chi connectivity index (χ0v) is 16.0. The van der Waals surface area contributed by atoms with Crippen molar-refractivity contribution in [2.24, 2.45) is 0 Å². The van der Waals surface area contributed by atoms with Gasteiger partial charge < -0.3 is 0 Å². The van der Waals surface area contributed by atoms with Crippen molar-refractivity contribution < 1.29 is 8.42 Å². The van der Waals surface area contributed by atoms with Crippen LogP contribution in [0.1, 0.15) is 18.9 Å². The fraction of sp³-hybridized carbons (Fsp3) is 0.538. The van der Waals surface area contributed by atoms with Crippen LogP contribution >= 0.6 is 46.6 Å². The highest BCUT2D eigenvalue weighted by Crippen LogP contribution is 2.31. The van der Waals surface area contributed by atoms with E-state index in [1.165, 1.54) is 16.4 Å². The molecule has 0 heterocycles. The van der Waals surface area contributed by atoms with E-state index in [9.17, 15) is 8.42 Å². The van der Waals surface area contributed by atoms with Gasteiger partial charge in [-0.1, -0.05) is 23.2 Å². The quantitative estimate of drug-likeness (QED) is 0.643. The van der Waals surface area contributed by atoms with Gasteiger partial charge in [-0.25, -0.2) is 8.42 Å². The summed E-state index contributed by atoms with van der Waals surface area (Å²) in [6.45, 7) is 1.88. The predicted octanol–water partition coefficient (Wildman–Crippen LogP) is 4.49. The summed E-state index contributed by atoms with van der Waals surface area (Å²) in [6, 6.07) is 2.76. The maximum Gasteiger partial charge on any atom is 0.244 e. The number of hydrogen-bond donors (Lipinski definition) is 0. The molecule has 0 bridgehead atoms. The van der Waals surface area contributed by atoms with Crippen LogP contribution in [0.2, 0.25) is 10.0 Å². The second-order valence-corrected chi connectivity index (χ2v) is 8.69. The molecule has 0 saturated heterocycles. The van der Waals surface area contributed by atoms with Gasteiger partial charge in [0.1, 0.15) is 4.90 Å². The maximum atomic E-state index is 12.7. The highest BCUT2D eigenvalue weighted by atomic mass is 35.5. The lowest BCUT2D eigenvalue weighted by Gasteiger charge is -2.25. The predicted molar refractivity (Wildman–Crippen MR) is 93.4 cm³/mol. The van der Waals surface area contributed by atoms with Crippen LogP contribution in [0.3, 0.4) is 0 Å². The average Bonchev–Trinajstić information content (AvgIpc) is 2.43. The van der Waals surface area contributed by atoms with Crippen LogP contribution in [-0.2, 0) is 15.9 Å². The average molecular weight is 391 g/mol. The lowest BCUT2D eigenvalue weighted by Crippen LogP contribution is -2.35. The number of sulfonamides is 1. The van der Waals surface area contributed by atoms with Crippen molar-refractivity contribution in [2.75, 3.05) is 19.1 Å². The Morgan fingerprint density at radius 3 is 2.43 bits per heavy atom. The lowest BCUT2D eigenvalue weighted by molar-refractivity contribution is 0.382. The van der Waals surface area contributed by atoms with Crippen LogP contribution < -0.4 is 0 Å². The first-order valence-corrected chi connectivity index (χ1v) is 10.4. The van der Waals surface area contributed by atoms with E-state index in [-0.39, 0.29) is 21.8 Å². The summed E-state index contributed by atoms with van der Waals surface area (Å²) in [5, 5.41) is 0.477. The molecule has 1 rings (SSSR count). The van der Waals surface area contributed by atoms with Crippen molar-refractivity contribution in [1.82, 2.24) is 4.31 Å². The molecule has 0 spiro atoms. The molecule has 21 heavy (non-hydrogen) atoms. The van der Waals surface area contributed by atoms with Gasteiger partial charge in [0.2, 0.25) is 10.0 Å². The van der Waals surface area contributed by atoms with Gasteiger partial charge in [-0.2, -0.15) is 16.1 Å². The van der Waals surface area contributed by atoms with Crippen molar-refractivity contribution in [2.45, 2.75) is 30.2 Å². The van der Waals surface area contributed by atoms with Crippen molar-refractivity contribution in [3.05, 3.63) is 27.7 Å². The van der Waals surface area contributed by atoms with Crippen LogP contribution in [0.5, 0.6) is 0 Å². The second kappa shape index (κ2) is 8.27. The van der Waals surface area contributed by atoms with Crippen LogP contribution in [0, 0.1) is 0 Å². The fourth-order valence-electron chi connectivity index (χ4n) is 1.73. The van der Waals surface area contributed by atoms with Crippen LogP contribution in [-0.4, -0.2) is 37.8 Å². The van der Waals surface area contributed by atoms with E-state index in [2.05, 4.69) is 0 Å². The molecule has 0 aliphatic carbocycles. The molecule has 0 saturated carbocycles. The van der Waals surface area contributed by atoms with Crippen molar-refractivity contribution in [3.63, 3.8) is 0 Å². The van der Waals surface area contributed by atoms with Gasteiger partial charge >= 0.3 is 0 Å². The van der Waals surface area contributed by atoms with E-state index in [1.54, 1.807) is 18.8 Å². The minimum atomic E-state index is -3.67. The Balaban J connectivity index is 3.18. The van der Waals surface area contributed by atoms with Gasteiger partial charge in [-0.15, -0.1) is 11.6 Å². The Morgan fingerprint density at radius 1 is 1.29 bits per heavy atom. The van der Waals surface area contributed by atoms with Gasteiger partial charge in [0.25, 0.3) is 0 Å². The number of hydrogen-bond acceptors (Lipinski definition) is 3. The molecule has 1 aromatic rings. The Bertz CT molecular complexity index is 593. The van der Waals surface area contributed by atoms with E-state index < -0.39 is 10.0 Å². The molecule has 0 amide bonds. The Morgan fingerprint density at radius 2 is 1.90 bits per heavy atom. The van der Waals surface area contributed by atoms with E-state index >= 15 is 0 Å². The molecule has 0 radical (unpaired) electrons. The van der Waals surface area contributed by atoms with Gasteiger partial charge in [0.05, 0.1) is 5.02 Å². The third-order valence-electron chi connectivity index (χ3n) is 3.26. The summed E-state index contributed by atoms with van der Waals surface area (Å²) < 4.78 is 26.7. The normalized spacial score (nSPS) is 13.7. The number of benzene rings is 1. The summed E-state index contributed by atoms with van der Waals surface area (Å²) >= 11 is 19.5. The molecule has 0 aliphatic rings. The van der Waals surface area contributed by atoms with Crippen molar-refractivity contribution in [3.8, 4) is 0 Å². The van der Waals surface area contributed by atoms with Gasteiger partial charge in [-0.3, -0.25) is 0 Å². The number of nitrogens with zero attached hydrogens (tertiary/aromatic N) is 1. The summed E-state index contributed by atoms with van der Waals surface area (Å²) in [5.41, 5.74) is 0.548. The third-order valence-corrected chi connectivity index (χ3v) is 6.98. The topological polar surface area (TPSA) is 37.4 Å². The van der Waals surface area contributed by atoms with E-state index in [1.807, 2.05) is 13.2 Å². The zero-order valence-electron chi connectivity index (χ0n) is 12.1. The largest absolute Gasteiger partial charge is 0.244 e. The van der Waals surface area contributed by atoms with Crippen LogP contribution in [0.25, 0.3) is 0 Å². The minimum Gasteiger partial charge on any atom is -0.207 e. The zero-order chi connectivity index (χ0) is 16.2. The Kier molecular flexibility index (Phi) is 7.64. The summed E-state index contributed by atoms with van der Waals surface area (Å²) in [7, 11) is -2.11. The second-order valence-electron chi connectivity index (χ2n) is 4.66. The van der Waals surface area contributed by atoms with Crippen molar-refractivity contribution >= 4 is 56.6 Å². The molecule has 120 valence electrons.